The highest BCUT2D eigenvalue weighted by Crippen LogP contribution is 2.22. The van der Waals surface area contributed by atoms with Crippen molar-refractivity contribution < 1.29 is 8.78 Å². The number of benzene rings is 1. The molecule has 17 heavy (non-hydrogen) atoms. The number of hydrogen-bond donors (Lipinski definition) is 0. The molecule has 0 bridgehead atoms. The molecule has 0 unspecified atom stereocenters. The first-order valence-corrected chi connectivity index (χ1v) is 5.37. The van der Waals surface area contributed by atoms with Crippen molar-refractivity contribution in [2.24, 2.45) is 0 Å². The largest absolute Gasteiger partial charge is 0.204 e. The van der Waals surface area contributed by atoms with Crippen LogP contribution in [0.25, 0.3) is 11.3 Å². The first-order chi connectivity index (χ1) is 8.09. The van der Waals surface area contributed by atoms with Crippen molar-refractivity contribution in [3.63, 3.8) is 0 Å². The third kappa shape index (κ3) is 2.30. The smallest absolute Gasteiger partial charge is 0.168 e. The molecule has 4 heteroatoms. The molecule has 0 amide bonds. The van der Waals surface area contributed by atoms with Crippen LogP contribution in [0, 0.1) is 11.6 Å². The number of rotatable bonds is 2. The minimum absolute atomic E-state index is 0.132. The maximum Gasteiger partial charge on any atom is 0.168 e. The molecule has 0 aliphatic heterocycles. The summed E-state index contributed by atoms with van der Waals surface area (Å²) in [5, 5.41) is 7.90. The first-order valence-electron chi connectivity index (χ1n) is 5.37. The standard InChI is InChI=1S/C13H12F2N2/c1-8(2)11-6-7-12(17-16-11)9-4-3-5-10(14)13(9)15/h3-8H,1-2H3. The first kappa shape index (κ1) is 11.6. The Kier molecular flexibility index (Phi) is 3.13. The maximum atomic E-state index is 13.5. The van der Waals surface area contributed by atoms with Gasteiger partial charge in [-0.05, 0) is 30.2 Å². The van der Waals surface area contributed by atoms with E-state index in [0.717, 1.165) is 11.8 Å². The minimum Gasteiger partial charge on any atom is -0.204 e. The summed E-state index contributed by atoms with van der Waals surface area (Å²) >= 11 is 0. The van der Waals surface area contributed by atoms with Gasteiger partial charge in [-0.15, -0.1) is 0 Å². The van der Waals surface area contributed by atoms with Crippen LogP contribution in [-0.4, -0.2) is 10.2 Å². The van der Waals surface area contributed by atoms with E-state index in [2.05, 4.69) is 10.2 Å². The summed E-state index contributed by atoms with van der Waals surface area (Å²) < 4.78 is 26.6. The zero-order valence-electron chi connectivity index (χ0n) is 9.61. The van der Waals surface area contributed by atoms with Gasteiger partial charge in [-0.25, -0.2) is 8.78 Å². The second-order valence-corrected chi connectivity index (χ2v) is 4.10. The van der Waals surface area contributed by atoms with Gasteiger partial charge >= 0.3 is 0 Å². The van der Waals surface area contributed by atoms with Crippen LogP contribution in [0.15, 0.2) is 30.3 Å². The van der Waals surface area contributed by atoms with Crippen molar-refractivity contribution in [1.82, 2.24) is 10.2 Å². The van der Waals surface area contributed by atoms with Crippen LogP contribution in [0.2, 0.25) is 0 Å². The van der Waals surface area contributed by atoms with Crippen molar-refractivity contribution in [3.8, 4) is 11.3 Å². The lowest BCUT2D eigenvalue weighted by Gasteiger charge is -2.05. The molecule has 1 heterocycles. The zero-order valence-corrected chi connectivity index (χ0v) is 9.61. The fourth-order valence-corrected chi connectivity index (χ4v) is 1.50. The van der Waals surface area contributed by atoms with Gasteiger partial charge in [0.2, 0.25) is 0 Å². The molecule has 0 aliphatic carbocycles. The highest BCUT2D eigenvalue weighted by Gasteiger charge is 2.11. The van der Waals surface area contributed by atoms with Gasteiger partial charge in [-0.1, -0.05) is 19.9 Å². The van der Waals surface area contributed by atoms with E-state index in [1.165, 1.54) is 12.1 Å². The van der Waals surface area contributed by atoms with E-state index in [1.54, 1.807) is 12.1 Å². The van der Waals surface area contributed by atoms with E-state index in [-0.39, 0.29) is 11.5 Å². The maximum absolute atomic E-state index is 13.5. The Bertz CT molecular complexity index is 521. The number of aromatic nitrogens is 2. The van der Waals surface area contributed by atoms with Crippen molar-refractivity contribution in [1.29, 1.82) is 0 Å². The molecule has 1 aromatic carbocycles. The summed E-state index contributed by atoms with van der Waals surface area (Å²) in [4.78, 5) is 0. The average Bonchev–Trinajstić information content (AvgIpc) is 2.33. The van der Waals surface area contributed by atoms with Crippen LogP contribution in [0.1, 0.15) is 25.5 Å². The lowest BCUT2D eigenvalue weighted by Crippen LogP contribution is -1.98. The van der Waals surface area contributed by atoms with Gasteiger partial charge in [-0.3, -0.25) is 0 Å². The monoisotopic (exact) mass is 234 g/mol. The summed E-state index contributed by atoms with van der Waals surface area (Å²) in [5.41, 5.74) is 1.30. The van der Waals surface area contributed by atoms with Crippen LogP contribution >= 0.6 is 0 Å². The van der Waals surface area contributed by atoms with Crippen LogP contribution in [0.3, 0.4) is 0 Å². The number of nitrogens with zero attached hydrogens (tertiary/aromatic N) is 2. The van der Waals surface area contributed by atoms with Gasteiger partial charge in [0.15, 0.2) is 11.6 Å². The van der Waals surface area contributed by atoms with Crippen LogP contribution < -0.4 is 0 Å². The Hall–Kier alpha value is -1.84. The molecule has 0 radical (unpaired) electrons. The van der Waals surface area contributed by atoms with Gasteiger partial charge in [0, 0.05) is 5.56 Å². The minimum atomic E-state index is -0.890. The van der Waals surface area contributed by atoms with E-state index < -0.39 is 11.6 Å². The summed E-state index contributed by atoms with van der Waals surface area (Å²) in [7, 11) is 0. The van der Waals surface area contributed by atoms with Crippen LogP contribution in [0.4, 0.5) is 8.78 Å². The van der Waals surface area contributed by atoms with E-state index in [4.69, 9.17) is 0 Å². The SMILES string of the molecule is CC(C)c1ccc(-c2cccc(F)c2F)nn1. The van der Waals surface area contributed by atoms with Crippen LogP contribution in [-0.2, 0) is 0 Å². The Balaban J connectivity index is 2.43. The second kappa shape index (κ2) is 4.57. The van der Waals surface area contributed by atoms with Crippen molar-refractivity contribution in [2.45, 2.75) is 19.8 Å². The van der Waals surface area contributed by atoms with Gasteiger partial charge in [0.05, 0.1) is 11.4 Å². The van der Waals surface area contributed by atoms with Crippen LogP contribution in [0.5, 0.6) is 0 Å². The van der Waals surface area contributed by atoms with Crippen molar-refractivity contribution in [2.75, 3.05) is 0 Å². The molecule has 2 aromatic rings. The highest BCUT2D eigenvalue weighted by molar-refractivity contribution is 5.59. The third-order valence-electron chi connectivity index (χ3n) is 2.50. The third-order valence-corrected chi connectivity index (χ3v) is 2.50. The van der Waals surface area contributed by atoms with Gasteiger partial charge in [0.25, 0.3) is 0 Å². The Morgan fingerprint density at radius 3 is 2.35 bits per heavy atom. The molecule has 0 atom stereocenters. The van der Waals surface area contributed by atoms with Gasteiger partial charge in [0.1, 0.15) is 0 Å². The molecular formula is C13H12F2N2. The number of hydrogen-bond acceptors (Lipinski definition) is 2. The summed E-state index contributed by atoms with van der Waals surface area (Å²) in [6.07, 6.45) is 0. The van der Waals surface area contributed by atoms with E-state index >= 15 is 0 Å². The molecule has 0 N–H and O–H groups in total. The normalized spacial score (nSPS) is 10.9. The quantitative estimate of drug-likeness (QED) is 0.794. The molecule has 0 aliphatic rings. The molecular weight excluding hydrogens is 222 g/mol. The van der Waals surface area contributed by atoms with E-state index in [1.807, 2.05) is 13.8 Å². The Labute approximate surface area is 98.3 Å². The lowest BCUT2D eigenvalue weighted by molar-refractivity contribution is 0.510. The van der Waals surface area contributed by atoms with Crippen molar-refractivity contribution in [3.05, 3.63) is 47.7 Å². The molecule has 0 saturated heterocycles. The molecule has 2 nitrogen and oxygen atoms in total. The molecule has 0 fully saturated rings. The van der Waals surface area contributed by atoms with Gasteiger partial charge < -0.3 is 0 Å². The molecule has 1 aromatic heterocycles. The molecule has 88 valence electrons. The topological polar surface area (TPSA) is 25.8 Å². The molecule has 0 spiro atoms. The summed E-state index contributed by atoms with van der Waals surface area (Å²) in [5.74, 6) is -1.51. The predicted molar refractivity (Wildman–Crippen MR) is 61.5 cm³/mol. The Morgan fingerprint density at radius 2 is 1.76 bits per heavy atom. The summed E-state index contributed by atoms with van der Waals surface area (Å²) in [6, 6.07) is 7.44. The fraction of sp³-hybridized carbons (Fsp3) is 0.231. The van der Waals surface area contributed by atoms with E-state index in [9.17, 15) is 8.78 Å². The second-order valence-electron chi connectivity index (χ2n) is 4.10. The Morgan fingerprint density at radius 1 is 1.00 bits per heavy atom. The highest BCUT2D eigenvalue weighted by atomic mass is 19.2. The zero-order chi connectivity index (χ0) is 12.4. The fourth-order valence-electron chi connectivity index (χ4n) is 1.50. The van der Waals surface area contributed by atoms with E-state index in [0.29, 0.717) is 5.69 Å². The molecule has 2 rings (SSSR count). The predicted octanol–water partition coefficient (Wildman–Crippen LogP) is 3.55. The lowest BCUT2D eigenvalue weighted by atomic mass is 10.1. The number of halogens is 2. The molecule has 0 saturated carbocycles. The summed E-state index contributed by atoms with van der Waals surface area (Å²) in [6.45, 7) is 3.99. The average molecular weight is 234 g/mol. The van der Waals surface area contributed by atoms with Crippen molar-refractivity contribution >= 4 is 0 Å². The van der Waals surface area contributed by atoms with Gasteiger partial charge in [-0.2, -0.15) is 10.2 Å².